The van der Waals surface area contributed by atoms with Crippen molar-refractivity contribution in [3.8, 4) is 0 Å². The average Bonchev–Trinajstić information content (AvgIpc) is 3.44. The molecule has 348 valence electrons. The summed E-state index contributed by atoms with van der Waals surface area (Å²) in [4.78, 5) is 61.5. The molecular weight excluding hydrogens is 824 g/mol. The predicted octanol–water partition coefficient (Wildman–Crippen LogP) is 7.26. The molecule has 1 saturated heterocycles. The normalized spacial score (nSPS) is 20.6. The SMILES string of the molecule is CC(C)CCCCCCCCCCCCC(=O)OC[C@H](COP(=O)(O)OP(=O)(O)OC[C@H]1O[C@@H](n2ccc(N)nc2=O)C(O)[C@H]1O)OC(=O)CCCCCCCCC(C)C. The van der Waals surface area contributed by atoms with Crippen LogP contribution in [0.25, 0.3) is 0 Å². The summed E-state index contributed by atoms with van der Waals surface area (Å²) in [5.74, 6) is 0.123. The molecule has 60 heavy (non-hydrogen) atoms. The van der Waals surface area contributed by atoms with Crippen molar-refractivity contribution >= 4 is 33.4 Å². The van der Waals surface area contributed by atoms with Crippen molar-refractivity contribution < 1.29 is 66.3 Å². The van der Waals surface area contributed by atoms with Gasteiger partial charge in [-0.25, -0.2) is 13.9 Å². The monoisotopic (exact) mass is 897 g/mol. The summed E-state index contributed by atoms with van der Waals surface area (Å²) in [6, 6.07) is 1.25. The highest BCUT2D eigenvalue weighted by Gasteiger charge is 2.46. The van der Waals surface area contributed by atoms with Crippen molar-refractivity contribution in [2.75, 3.05) is 25.6 Å². The number of hydrogen-bond donors (Lipinski definition) is 5. The second-order valence-electron chi connectivity index (χ2n) is 16.5. The number of nitrogens with zero attached hydrogens (tertiary/aromatic N) is 2. The Hall–Kier alpha value is -2.24. The maximum Gasteiger partial charge on any atom is 0.481 e. The van der Waals surface area contributed by atoms with E-state index in [0.717, 1.165) is 74.5 Å². The van der Waals surface area contributed by atoms with Crippen LogP contribution in [0.2, 0.25) is 0 Å². The van der Waals surface area contributed by atoms with E-state index in [1.165, 1.54) is 51.0 Å². The average molecular weight is 898 g/mol. The third kappa shape index (κ3) is 23.8. The van der Waals surface area contributed by atoms with Crippen LogP contribution in [0.5, 0.6) is 0 Å². The lowest BCUT2D eigenvalue weighted by Gasteiger charge is -2.21. The zero-order valence-corrected chi connectivity index (χ0v) is 37.9. The second-order valence-corrected chi connectivity index (χ2v) is 19.6. The van der Waals surface area contributed by atoms with Gasteiger partial charge in [-0.3, -0.25) is 23.2 Å². The van der Waals surface area contributed by atoms with E-state index in [9.17, 15) is 43.5 Å². The number of aliphatic hydroxyl groups is 2. The number of rotatable bonds is 34. The number of aromatic nitrogens is 2. The largest absolute Gasteiger partial charge is 0.481 e. The lowest BCUT2D eigenvalue weighted by molar-refractivity contribution is -0.161. The van der Waals surface area contributed by atoms with Gasteiger partial charge in [-0.15, -0.1) is 0 Å². The van der Waals surface area contributed by atoms with Crippen LogP contribution in [0.4, 0.5) is 5.82 Å². The zero-order chi connectivity index (χ0) is 44.6. The molecule has 0 radical (unpaired) electrons. The van der Waals surface area contributed by atoms with E-state index in [1.54, 1.807) is 0 Å². The summed E-state index contributed by atoms with van der Waals surface area (Å²) in [7, 11) is -10.8. The standard InChI is InChI=1S/C40H73N3O15P2/c1-30(2)21-17-13-9-7-5-6-8-10-15-19-23-35(44)53-27-32(56-36(45)24-20-16-12-11-14-18-22-31(3)4)28-54-59(49,50)58-60(51,52)55-29-33-37(46)38(47)39(57-33)43-26-25-34(41)42-40(43)48/h25-26,30-33,37-39,46-47H,5-24,27-29H2,1-4H3,(H,49,50)(H,51,52)(H2,41,42,48)/t32-,33-,37+,38?,39-/m1/s1. The Morgan fingerprint density at radius 1 is 0.750 bits per heavy atom. The molecule has 7 atom stereocenters. The molecule has 1 aromatic rings. The third-order valence-electron chi connectivity index (χ3n) is 10.0. The Morgan fingerprint density at radius 2 is 1.23 bits per heavy atom. The van der Waals surface area contributed by atoms with Crippen LogP contribution >= 0.6 is 15.6 Å². The molecule has 18 nitrogen and oxygen atoms in total. The molecule has 1 aliphatic rings. The number of hydrogen-bond acceptors (Lipinski definition) is 15. The summed E-state index contributed by atoms with van der Waals surface area (Å²) in [6.07, 6.45) is 12.7. The van der Waals surface area contributed by atoms with Crippen LogP contribution in [0.15, 0.2) is 17.1 Å². The summed E-state index contributed by atoms with van der Waals surface area (Å²) in [5, 5.41) is 20.8. The number of phosphoric acid groups is 2. The Labute approximate surface area is 355 Å². The second kappa shape index (κ2) is 29.2. The number of nitrogens with two attached hydrogens (primary N) is 1. The fraction of sp³-hybridized carbons (Fsp3) is 0.850. The van der Waals surface area contributed by atoms with Crippen LogP contribution in [0.1, 0.15) is 162 Å². The molecular formula is C40H73N3O15P2. The fourth-order valence-corrected chi connectivity index (χ4v) is 8.73. The molecule has 0 bridgehead atoms. The van der Waals surface area contributed by atoms with Gasteiger partial charge in [0.25, 0.3) is 0 Å². The Bertz CT molecular complexity index is 1530. The number of carbonyl (C=O) groups is 2. The van der Waals surface area contributed by atoms with Gasteiger partial charge in [0.2, 0.25) is 0 Å². The molecule has 1 aliphatic heterocycles. The number of aliphatic hydroxyl groups excluding tert-OH is 2. The van der Waals surface area contributed by atoms with Gasteiger partial charge in [-0.2, -0.15) is 9.29 Å². The number of carbonyl (C=O) groups excluding carboxylic acids is 2. The van der Waals surface area contributed by atoms with Gasteiger partial charge in [0.05, 0.1) is 13.2 Å². The van der Waals surface area contributed by atoms with E-state index in [0.29, 0.717) is 18.8 Å². The van der Waals surface area contributed by atoms with Crippen LogP contribution < -0.4 is 11.4 Å². The van der Waals surface area contributed by atoms with Crippen molar-refractivity contribution in [1.82, 2.24) is 9.55 Å². The summed E-state index contributed by atoms with van der Waals surface area (Å²) >= 11 is 0. The Balaban J connectivity index is 1.84. The molecule has 2 rings (SSSR count). The van der Waals surface area contributed by atoms with Gasteiger partial charge in [-0.1, -0.05) is 130 Å². The van der Waals surface area contributed by atoms with Gasteiger partial charge < -0.3 is 39.9 Å². The van der Waals surface area contributed by atoms with Gasteiger partial charge in [0, 0.05) is 19.0 Å². The first kappa shape index (κ1) is 53.9. The van der Waals surface area contributed by atoms with Gasteiger partial charge in [0.1, 0.15) is 30.7 Å². The summed E-state index contributed by atoms with van der Waals surface area (Å²) < 4.78 is 56.4. The molecule has 3 unspecified atom stereocenters. The highest BCUT2D eigenvalue weighted by atomic mass is 31.3. The number of phosphoric ester groups is 2. The van der Waals surface area contributed by atoms with E-state index < -0.39 is 83.7 Å². The summed E-state index contributed by atoms with van der Waals surface area (Å²) in [5.41, 5.74) is 4.57. The molecule has 0 aromatic carbocycles. The van der Waals surface area contributed by atoms with Crippen LogP contribution in [-0.4, -0.2) is 85.7 Å². The van der Waals surface area contributed by atoms with Crippen LogP contribution in [0.3, 0.4) is 0 Å². The van der Waals surface area contributed by atoms with Crippen molar-refractivity contribution in [3.63, 3.8) is 0 Å². The number of ether oxygens (including phenoxy) is 3. The Kier molecular flexibility index (Phi) is 26.2. The van der Waals surface area contributed by atoms with Crippen molar-refractivity contribution in [2.45, 2.75) is 187 Å². The lowest BCUT2D eigenvalue weighted by Crippen LogP contribution is -2.36. The lowest BCUT2D eigenvalue weighted by atomic mass is 10.0. The highest BCUT2D eigenvalue weighted by molar-refractivity contribution is 7.61. The minimum Gasteiger partial charge on any atom is -0.462 e. The van der Waals surface area contributed by atoms with Crippen molar-refractivity contribution in [2.24, 2.45) is 11.8 Å². The zero-order valence-electron chi connectivity index (χ0n) is 36.1. The fourth-order valence-electron chi connectivity index (χ4n) is 6.62. The minimum atomic E-state index is -5.41. The number of nitrogen functional groups attached to an aromatic ring is 1. The molecule has 1 fully saturated rings. The van der Waals surface area contributed by atoms with Crippen molar-refractivity contribution in [3.05, 3.63) is 22.7 Å². The molecule has 0 spiro atoms. The van der Waals surface area contributed by atoms with Gasteiger partial charge in [-0.05, 0) is 30.7 Å². The molecule has 6 N–H and O–H groups in total. The number of esters is 2. The van der Waals surface area contributed by atoms with Crippen LogP contribution in [0, 0.1) is 11.8 Å². The van der Waals surface area contributed by atoms with E-state index >= 15 is 0 Å². The number of unbranched alkanes of at least 4 members (excludes halogenated alkanes) is 14. The van der Waals surface area contributed by atoms with E-state index in [2.05, 4.69) is 37.0 Å². The molecule has 20 heteroatoms. The van der Waals surface area contributed by atoms with E-state index in [1.807, 2.05) is 0 Å². The van der Waals surface area contributed by atoms with Gasteiger partial charge >= 0.3 is 33.3 Å². The first-order valence-corrected chi connectivity index (χ1v) is 24.8. The van der Waals surface area contributed by atoms with Crippen LogP contribution in [-0.2, 0) is 46.3 Å². The maximum atomic E-state index is 12.8. The molecule has 2 heterocycles. The third-order valence-corrected chi connectivity index (χ3v) is 12.6. The molecule has 1 aromatic heterocycles. The Morgan fingerprint density at radius 3 is 1.75 bits per heavy atom. The van der Waals surface area contributed by atoms with E-state index in [4.69, 9.17) is 29.0 Å². The topological polar surface area (TPSA) is 265 Å². The summed E-state index contributed by atoms with van der Waals surface area (Å²) in [6.45, 7) is 6.59. The highest BCUT2D eigenvalue weighted by Crippen LogP contribution is 2.60. The first-order valence-electron chi connectivity index (χ1n) is 21.8. The predicted molar refractivity (Wildman–Crippen MR) is 224 cm³/mol. The van der Waals surface area contributed by atoms with E-state index in [-0.39, 0.29) is 18.7 Å². The first-order chi connectivity index (χ1) is 28.4. The minimum absolute atomic E-state index is 0.0513. The van der Waals surface area contributed by atoms with Gasteiger partial charge in [0.15, 0.2) is 12.3 Å². The quantitative estimate of drug-likeness (QED) is 0.0259. The number of anilines is 1. The molecule has 0 amide bonds. The smallest absolute Gasteiger partial charge is 0.462 e. The maximum absolute atomic E-state index is 12.8. The van der Waals surface area contributed by atoms with Crippen molar-refractivity contribution in [1.29, 1.82) is 0 Å². The molecule has 0 aliphatic carbocycles. The molecule has 0 saturated carbocycles.